The number of amides is 2. The summed E-state index contributed by atoms with van der Waals surface area (Å²) in [5.41, 5.74) is 3.77. The quantitative estimate of drug-likeness (QED) is 0.162. The van der Waals surface area contributed by atoms with Crippen molar-refractivity contribution in [3.8, 4) is 11.4 Å². The average molecular weight is 631 g/mol. The van der Waals surface area contributed by atoms with Crippen molar-refractivity contribution in [1.29, 1.82) is 0 Å². The smallest absolute Gasteiger partial charge is 0.306 e. The van der Waals surface area contributed by atoms with Gasteiger partial charge in [0.15, 0.2) is 5.82 Å². The topological polar surface area (TPSA) is 99.9 Å². The molecule has 45 heavy (non-hydrogen) atoms. The molecule has 4 aromatic rings. The van der Waals surface area contributed by atoms with E-state index in [-0.39, 0.29) is 28.6 Å². The van der Waals surface area contributed by atoms with Gasteiger partial charge in [0.2, 0.25) is 5.91 Å². The van der Waals surface area contributed by atoms with Crippen molar-refractivity contribution in [3.05, 3.63) is 107 Å². The zero-order valence-corrected chi connectivity index (χ0v) is 25.4. The fraction of sp³-hybridized carbons (Fsp3) is 0.212. The van der Waals surface area contributed by atoms with Gasteiger partial charge >= 0.3 is 6.18 Å². The number of aromatic nitrogens is 2. The fourth-order valence-electron chi connectivity index (χ4n) is 4.65. The normalized spacial score (nSPS) is 15.5. The molecule has 1 saturated heterocycles. The maximum Gasteiger partial charge on any atom is 0.416 e. The van der Waals surface area contributed by atoms with Crippen LogP contribution in [0.2, 0.25) is 0 Å². The third-order valence-corrected chi connectivity index (χ3v) is 8.06. The van der Waals surface area contributed by atoms with Crippen LogP contribution in [0.3, 0.4) is 0 Å². The van der Waals surface area contributed by atoms with Crippen molar-refractivity contribution in [2.45, 2.75) is 38.2 Å². The molecule has 1 aromatic heterocycles. The Morgan fingerprint density at radius 2 is 1.78 bits per heavy atom. The van der Waals surface area contributed by atoms with E-state index in [1.807, 2.05) is 25.1 Å². The van der Waals surface area contributed by atoms with E-state index in [1.54, 1.807) is 29.5 Å². The second-order valence-corrected chi connectivity index (χ2v) is 11.7. The second kappa shape index (κ2) is 13.4. The van der Waals surface area contributed by atoms with Crippen LogP contribution in [0, 0.1) is 6.92 Å². The Hall–Kier alpha value is -4.84. The number of nitrogens with one attached hydrogen (secondary N) is 1. The number of carbonyl (C=O) groups excluding carboxylic acids is 2. The molecule has 2 heterocycles. The molecule has 1 atom stereocenters. The molecule has 0 radical (unpaired) electrons. The lowest BCUT2D eigenvalue weighted by Crippen LogP contribution is -2.34. The van der Waals surface area contributed by atoms with Crippen LogP contribution < -0.4 is 10.2 Å². The van der Waals surface area contributed by atoms with Crippen molar-refractivity contribution in [2.75, 3.05) is 16.0 Å². The van der Waals surface area contributed by atoms with E-state index in [0.29, 0.717) is 17.1 Å². The van der Waals surface area contributed by atoms with E-state index in [0.717, 1.165) is 46.6 Å². The highest BCUT2D eigenvalue weighted by atomic mass is 32.2. The zero-order valence-electron chi connectivity index (χ0n) is 24.6. The predicted molar refractivity (Wildman–Crippen MR) is 172 cm³/mol. The SMILES string of the molecule is Cc1ccc(C(C)C)c(N2C(=O)CSC2/C=N\N=C\c2ccc(-c3nccc(NC(=O)c4ccc(C(F)(F)F)cc4)n3)cc2)c1. The number of aryl methyl sites for hydroxylation is 1. The van der Waals surface area contributed by atoms with Crippen molar-refractivity contribution < 1.29 is 22.8 Å². The molecule has 2 amide bonds. The van der Waals surface area contributed by atoms with Gasteiger partial charge < -0.3 is 5.32 Å². The van der Waals surface area contributed by atoms with E-state index in [4.69, 9.17) is 0 Å². The number of carbonyl (C=O) groups is 2. The van der Waals surface area contributed by atoms with Crippen LogP contribution in [-0.2, 0) is 11.0 Å². The standard InChI is InChI=1S/C33H29F3N6O2S/c1-20(2)26-13-4-21(3)16-27(26)42-29(43)19-45-30(42)18-39-38-17-22-5-7-23(8-6-22)31-37-15-14-28(40-31)41-32(44)24-9-11-25(12-10-24)33(34,35)36/h4-18,20,30H,19H2,1-3H3,(H,37,40,41,44)/b38-17+,39-18-. The molecule has 1 N–H and O–H groups in total. The summed E-state index contributed by atoms with van der Waals surface area (Å²) in [6, 6.07) is 18.8. The predicted octanol–water partition coefficient (Wildman–Crippen LogP) is 7.36. The molecule has 1 aliphatic rings. The summed E-state index contributed by atoms with van der Waals surface area (Å²) in [7, 11) is 0. The summed E-state index contributed by atoms with van der Waals surface area (Å²) in [6.45, 7) is 6.22. The van der Waals surface area contributed by atoms with Gasteiger partial charge in [0.05, 0.1) is 23.7 Å². The first-order chi connectivity index (χ1) is 21.5. The molecule has 0 aliphatic carbocycles. The molecule has 0 spiro atoms. The number of hydrogen-bond donors (Lipinski definition) is 1. The largest absolute Gasteiger partial charge is 0.416 e. The summed E-state index contributed by atoms with van der Waals surface area (Å²) in [5, 5.41) is 10.7. The van der Waals surface area contributed by atoms with Crippen LogP contribution in [-0.4, -0.2) is 45.3 Å². The minimum absolute atomic E-state index is 0.0361. The molecule has 1 fully saturated rings. The number of thioether (sulfide) groups is 1. The highest BCUT2D eigenvalue weighted by molar-refractivity contribution is 8.01. The van der Waals surface area contributed by atoms with E-state index in [2.05, 4.69) is 51.5 Å². The van der Waals surface area contributed by atoms with Gasteiger partial charge in [-0.3, -0.25) is 14.5 Å². The number of nitrogens with zero attached hydrogens (tertiary/aromatic N) is 5. The van der Waals surface area contributed by atoms with Gasteiger partial charge in [0.1, 0.15) is 11.2 Å². The molecule has 230 valence electrons. The van der Waals surface area contributed by atoms with Crippen LogP contribution in [0.25, 0.3) is 11.4 Å². The highest BCUT2D eigenvalue weighted by Crippen LogP contribution is 2.36. The molecule has 12 heteroatoms. The lowest BCUT2D eigenvalue weighted by molar-refractivity contribution is -0.137. The van der Waals surface area contributed by atoms with Crippen molar-refractivity contribution in [1.82, 2.24) is 9.97 Å². The molecule has 0 saturated carbocycles. The zero-order chi connectivity index (χ0) is 32.1. The summed E-state index contributed by atoms with van der Waals surface area (Å²) in [4.78, 5) is 35.7. The lowest BCUT2D eigenvalue weighted by Gasteiger charge is -2.25. The Balaban J connectivity index is 1.23. The minimum atomic E-state index is -4.48. The molecule has 1 unspecified atom stereocenters. The van der Waals surface area contributed by atoms with Crippen molar-refractivity contribution >= 4 is 47.5 Å². The van der Waals surface area contributed by atoms with Gasteiger partial charge in [-0.15, -0.1) is 11.8 Å². The third kappa shape index (κ3) is 7.63. The minimum Gasteiger partial charge on any atom is -0.306 e. The van der Waals surface area contributed by atoms with Gasteiger partial charge in [0.25, 0.3) is 5.91 Å². The van der Waals surface area contributed by atoms with E-state index in [9.17, 15) is 22.8 Å². The Labute approximate surface area is 262 Å². The molecule has 1 aliphatic heterocycles. The van der Waals surface area contributed by atoms with Crippen LogP contribution in [0.15, 0.2) is 89.2 Å². The number of hydrogen-bond acceptors (Lipinski definition) is 7. The lowest BCUT2D eigenvalue weighted by atomic mass is 9.98. The second-order valence-electron chi connectivity index (χ2n) is 10.6. The summed E-state index contributed by atoms with van der Waals surface area (Å²) in [6.07, 6.45) is 0.263. The average Bonchev–Trinajstić information content (AvgIpc) is 3.38. The van der Waals surface area contributed by atoms with E-state index in [1.165, 1.54) is 24.0 Å². The number of anilines is 2. The van der Waals surface area contributed by atoms with Gasteiger partial charge in [-0.2, -0.15) is 23.4 Å². The van der Waals surface area contributed by atoms with Crippen LogP contribution >= 0.6 is 11.8 Å². The fourth-order valence-corrected chi connectivity index (χ4v) is 5.63. The first kappa shape index (κ1) is 31.6. The Morgan fingerprint density at radius 3 is 2.47 bits per heavy atom. The Kier molecular flexibility index (Phi) is 9.43. The number of halogens is 3. The molecule has 8 nitrogen and oxygen atoms in total. The molecule has 5 rings (SSSR count). The van der Waals surface area contributed by atoms with Crippen molar-refractivity contribution in [2.24, 2.45) is 10.2 Å². The van der Waals surface area contributed by atoms with Gasteiger partial charge in [-0.05, 0) is 65.9 Å². The first-order valence-corrected chi connectivity index (χ1v) is 15.1. The summed E-state index contributed by atoms with van der Waals surface area (Å²) >= 11 is 1.50. The number of alkyl halides is 3. The molecular formula is C33H29F3N6O2S. The Bertz CT molecular complexity index is 1760. The van der Waals surface area contributed by atoms with Crippen LogP contribution in [0.5, 0.6) is 0 Å². The number of benzene rings is 3. The van der Waals surface area contributed by atoms with Crippen LogP contribution in [0.4, 0.5) is 24.7 Å². The summed E-state index contributed by atoms with van der Waals surface area (Å²) < 4.78 is 38.4. The third-order valence-electron chi connectivity index (χ3n) is 6.98. The molecule has 0 bridgehead atoms. The van der Waals surface area contributed by atoms with E-state index < -0.39 is 17.6 Å². The Morgan fingerprint density at radius 1 is 1.04 bits per heavy atom. The van der Waals surface area contributed by atoms with Gasteiger partial charge in [-0.1, -0.05) is 50.2 Å². The van der Waals surface area contributed by atoms with E-state index >= 15 is 0 Å². The monoisotopic (exact) mass is 630 g/mol. The first-order valence-electron chi connectivity index (χ1n) is 14.0. The summed E-state index contributed by atoms with van der Waals surface area (Å²) in [5.74, 6) is 0.624. The molecular weight excluding hydrogens is 601 g/mol. The van der Waals surface area contributed by atoms with Gasteiger partial charge in [0, 0.05) is 23.0 Å². The maximum atomic E-state index is 12.8. The molecule has 3 aromatic carbocycles. The maximum absolute atomic E-state index is 12.8. The highest BCUT2D eigenvalue weighted by Gasteiger charge is 2.33. The van der Waals surface area contributed by atoms with Crippen molar-refractivity contribution in [3.63, 3.8) is 0 Å². The van der Waals surface area contributed by atoms with Gasteiger partial charge in [-0.25, -0.2) is 9.97 Å². The van der Waals surface area contributed by atoms with Crippen LogP contribution in [0.1, 0.15) is 52.4 Å². The number of rotatable bonds is 8.